The first-order chi connectivity index (χ1) is 11.2. The quantitative estimate of drug-likeness (QED) is 0.832. The van der Waals surface area contributed by atoms with Gasteiger partial charge in [-0.3, -0.25) is 9.69 Å². The van der Waals surface area contributed by atoms with E-state index in [0.29, 0.717) is 17.9 Å². The van der Waals surface area contributed by atoms with Crippen LogP contribution in [0.25, 0.3) is 11.4 Å². The smallest absolute Gasteiger partial charge is 0.251 e. The average molecular weight is 316 g/mol. The largest absolute Gasteiger partial charge is 0.379 e. The standard InChI is InChI=1S/C15H20N6O2/c1-20-14(17-18-19-20)12-3-2-4-13(11-12)15(22)16-5-6-21-7-9-23-10-8-21/h2-4,11H,5-10H2,1H3,(H,16,22). The van der Waals surface area contributed by atoms with Crippen molar-refractivity contribution >= 4 is 5.91 Å². The van der Waals surface area contributed by atoms with Crippen LogP contribution in [0.3, 0.4) is 0 Å². The van der Waals surface area contributed by atoms with Gasteiger partial charge < -0.3 is 10.1 Å². The summed E-state index contributed by atoms with van der Waals surface area (Å²) in [5, 5.41) is 14.3. The molecular weight excluding hydrogens is 296 g/mol. The second-order valence-corrected chi connectivity index (χ2v) is 5.42. The van der Waals surface area contributed by atoms with E-state index in [1.807, 2.05) is 12.1 Å². The summed E-state index contributed by atoms with van der Waals surface area (Å²) in [6, 6.07) is 7.31. The molecule has 2 heterocycles. The first-order valence-electron chi connectivity index (χ1n) is 7.65. The number of rotatable bonds is 5. The van der Waals surface area contributed by atoms with Crippen LogP contribution in [0.1, 0.15) is 10.4 Å². The maximum absolute atomic E-state index is 12.3. The summed E-state index contributed by atoms with van der Waals surface area (Å²) in [7, 11) is 1.77. The molecule has 2 aromatic rings. The van der Waals surface area contributed by atoms with Gasteiger partial charge in [0.25, 0.3) is 5.91 Å². The summed E-state index contributed by atoms with van der Waals surface area (Å²) in [4.78, 5) is 14.6. The number of aromatic nitrogens is 4. The highest BCUT2D eigenvalue weighted by atomic mass is 16.5. The number of carbonyl (C=O) groups excluding carboxylic acids is 1. The predicted molar refractivity (Wildman–Crippen MR) is 83.8 cm³/mol. The van der Waals surface area contributed by atoms with Crippen LogP contribution in [-0.2, 0) is 11.8 Å². The van der Waals surface area contributed by atoms with Crippen molar-refractivity contribution in [2.75, 3.05) is 39.4 Å². The number of benzene rings is 1. The van der Waals surface area contributed by atoms with E-state index in [2.05, 4.69) is 25.7 Å². The van der Waals surface area contributed by atoms with Crippen molar-refractivity contribution in [1.82, 2.24) is 30.4 Å². The molecule has 1 aliphatic rings. The molecule has 8 heteroatoms. The molecule has 122 valence electrons. The Morgan fingerprint density at radius 2 is 2.17 bits per heavy atom. The molecule has 0 bridgehead atoms. The van der Waals surface area contributed by atoms with Crippen molar-refractivity contribution in [1.29, 1.82) is 0 Å². The van der Waals surface area contributed by atoms with Crippen molar-refractivity contribution in [2.24, 2.45) is 7.05 Å². The Morgan fingerprint density at radius 3 is 2.91 bits per heavy atom. The Labute approximate surface area is 134 Å². The minimum absolute atomic E-state index is 0.0877. The monoisotopic (exact) mass is 316 g/mol. The van der Waals surface area contributed by atoms with E-state index in [1.165, 1.54) is 0 Å². The molecule has 1 N–H and O–H groups in total. The molecule has 1 saturated heterocycles. The van der Waals surface area contributed by atoms with Gasteiger partial charge in [-0.25, -0.2) is 4.68 Å². The Balaban J connectivity index is 1.58. The van der Waals surface area contributed by atoms with E-state index in [1.54, 1.807) is 23.9 Å². The molecule has 23 heavy (non-hydrogen) atoms. The fourth-order valence-corrected chi connectivity index (χ4v) is 2.53. The summed E-state index contributed by atoms with van der Waals surface area (Å²) in [6.07, 6.45) is 0. The Hall–Kier alpha value is -2.32. The van der Waals surface area contributed by atoms with Gasteiger partial charge in [0.1, 0.15) is 0 Å². The van der Waals surface area contributed by atoms with E-state index < -0.39 is 0 Å². The molecule has 1 aromatic heterocycles. The SMILES string of the molecule is Cn1nnnc1-c1cccc(C(=O)NCCN2CCOCC2)c1. The number of tetrazole rings is 1. The lowest BCUT2D eigenvalue weighted by Gasteiger charge is -2.26. The lowest BCUT2D eigenvalue weighted by atomic mass is 10.1. The van der Waals surface area contributed by atoms with Crippen LogP contribution in [0.4, 0.5) is 0 Å². The number of carbonyl (C=O) groups is 1. The first kappa shape index (κ1) is 15.6. The maximum Gasteiger partial charge on any atom is 0.251 e. The third-order valence-corrected chi connectivity index (χ3v) is 3.82. The molecule has 0 aliphatic carbocycles. The highest BCUT2D eigenvalue weighted by Gasteiger charge is 2.12. The minimum Gasteiger partial charge on any atom is -0.379 e. The van der Waals surface area contributed by atoms with Gasteiger partial charge in [0.2, 0.25) is 0 Å². The zero-order valence-corrected chi connectivity index (χ0v) is 13.1. The van der Waals surface area contributed by atoms with Gasteiger partial charge in [0.05, 0.1) is 13.2 Å². The third kappa shape index (κ3) is 3.91. The van der Waals surface area contributed by atoms with Crippen LogP contribution < -0.4 is 5.32 Å². The topological polar surface area (TPSA) is 85.2 Å². The Kier molecular flexibility index (Phi) is 4.94. The van der Waals surface area contributed by atoms with Crippen LogP contribution in [0.15, 0.2) is 24.3 Å². The van der Waals surface area contributed by atoms with Gasteiger partial charge in [0.15, 0.2) is 5.82 Å². The number of amides is 1. The fraction of sp³-hybridized carbons (Fsp3) is 0.467. The van der Waals surface area contributed by atoms with Crippen molar-refractivity contribution in [3.05, 3.63) is 29.8 Å². The van der Waals surface area contributed by atoms with E-state index >= 15 is 0 Å². The number of nitrogens with zero attached hydrogens (tertiary/aromatic N) is 5. The van der Waals surface area contributed by atoms with Crippen LogP contribution in [0.2, 0.25) is 0 Å². The average Bonchev–Trinajstić information content (AvgIpc) is 3.02. The third-order valence-electron chi connectivity index (χ3n) is 3.82. The number of hydrogen-bond donors (Lipinski definition) is 1. The van der Waals surface area contributed by atoms with Crippen LogP contribution >= 0.6 is 0 Å². The number of aryl methyl sites for hydroxylation is 1. The highest BCUT2D eigenvalue weighted by Crippen LogP contribution is 2.16. The highest BCUT2D eigenvalue weighted by molar-refractivity contribution is 5.95. The molecule has 1 aliphatic heterocycles. The lowest BCUT2D eigenvalue weighted by molar-refractivity contribution is 0.0383. The molecule has 0 spiro atoms. The molecule has 0 saturated carbocycles. The Bertz CT molecular complexity index is 665. The normalized spacial score (nSPS) is 15.5. The van der Waals surface area contributed by atoms with Crippen molar-refractivity contribution in [2.45, 2.75) is 0 Å². The zero-order chi connectivity index (χ0) is 16.1. The molecule has 3 rings (SSSR count). The lowest BCUT2D eigenvalue weighted by Crippen LogP contribution is -2.41. The molecule has 1 fully saturated rings. The Morgan fingerprint density at radius 1 is 1.35 bits per heavy atom. The number of ether oxygens (including phenoxy) is 1. The van der Waals surface area contributed by atoms with E-state index in [4.69, 9.17) is 4.74 Å². The van der Waals surface area contributed by atoms with Gasteiger partial charge in [-0.2, -0.15) is 0 Å². The van der Waals surface area contributed by atoms with Gasteiger partial charge >= 0.3 is 0 Å². The molecular formula is C15H20N6O2. The van der Waals surface area contributed by atoms with Crippen LogP contribution in [0, 0.1) is 0 Å². The van der Waals surface area contributed by atoms with E-state index in [-0.39, 0.29) is 5.91 Å². The van der Waals surface area contributed by atoms with E-state index in [0.717, 1.165) is 38.4 Å². The van der Waals surface area contributed by atoms with Crippen molar-refractivity contribution in [3.8, 4) is 11.4 Å². The van der Waals surface area contributed by atoms with Crippen molar-refractivity contribution in [3.63, 3.8) is 0 Å². The van der Waals surface area contributed by atoms with Crippen molar-refractivity contribution < 1.29 is 9.53 Å². The molecule has 1 amide bonds. The minimum atomic E-state index is -0.0877. The number of morpholine rings is 1. The zero-order valence-electron chi connectivity index (χ0n) is 13.1. The second kappa shape index (κ2) is 7.30. The molecule has 0 atom stereocenters. The first-order valence-corrected chi connectivity index (χ1v) is 7.65. The van der Waals surface area contributed by atoms with Gasteiger partial charge in [0, 0.05) is 44.4 Å². The van der Waals surface area contributed by atoms with Gasteiger partial charge in [-0.1, -0.05) is 12.1 Å². The molecule has 0 radical (unpaired) electrons. The summed E-state index contributed by atoms with van der Waals surface area (Å²) in [5.41, 5.74) is 1.42. The molecule has 8 nitrogen and oxygen atoms in total. The van der Waals surface area contributed by atoms with E-state index in [9.17, 15) is 4.79 Å². The number of nitrogens with one attached hydrogen (secondary N) is 1. The summed E-state index contributed by atoms with van der Waals surface area (Å²) < 4.78 is 6.89. The van der Waals surface area contributed by atoms with Gasteiger partial charge in [-0.05, 0) is 22.6 Å². The van der Waals surface area contributed by atoms with Gasteiger partial charge in [-0.15, -0.1) is 5.10 Å². The van der Waals surface area contributed by atoms with Crippen LogP contribution in [0.5, 0.6) is 0 Å². The second-order valence-electron chi connectivity index (χ2n) is 5.42. The predicted octanol–water partition coefficient (Wildman–Crippen LogP) is -0.0609. The van der Waals surface area contributed by atoms with Crippen LogP contribution in [-0.4, -0.2) is 70.4 Å². The summed E-state index contributed by atoms with van der Waals surface area (Å²) in [5.74, 6) is 0.545. The fourth-order valence-electron chi connectivity index (χ4n) is 2.53. The molecule has 0 unspecified atom stereocenters. The number of hydrogen-bond acceptors (Lipinski definition) is 6. The summed E-state index contributed by atoms with van der Waals surface area (Å²) in [6.45, 7) is 4.83. The summed E-state index contributed by atoms with van der Waals surface area (Å²) >= 11 is 0. The maximum atomic E-state index is 12.3. The molecule has 1 aromatic carbocycles.